The molecule has 6 rings (SSSR count). The first-order chi connectivity index (χ1) is 13.9. The van der Waals surface area contributed by atoms with Crippen LogP contribution in [-0.4, -0.2) is 65.9 Å². The highest BCUT2D eigenvalue weighted by molar-refractivity contribution is 5.97. The van der Waals surface area contributed by atoms with E-state index in [1.165, 1.54) is 19.3 Å². The number of urea groups is 1. The number of nitrogens with one attached hydrogen (secondary N) is 1. The highest BCUT2D eigenvalue weighted by Crippen LogP contribution is 2.60. The van der Waals surface area contributed by atoms with Crippen LogP contribution in [0.3, 0.4) is 0 Å². The van der Waals surface area contributed by atoms with E-state index in [4.69, 9.17) is 4.74 Å². The van der Waals surface area contributed by atoms with Gasteiger partial charge in [0.2, 0.25) is 5.91 Å². The minimum atomic E-state index is -0.601. The summed E-state index contributed by atoms with van der Waals surface area (Å²) < 4.78 is 5.24. The summed E-state index contributed by atoms with van der Waals surface area (Å²) in [6, 6.07) is -1.05. The molecule has 0 radical (unpaired) electrons. The van der Waals surface area contributed by atoms with Gasteiger partial charge in [-0.1, -0.05) is 0 Å². The van der Waals surface area contributed by atoms with Gasteiger partial charge in [0.25, 0.3) is 5.91 Å². The number of hydrogen-bond acceptors (Lipinski definition) is 5. The summed E-state index contributed by atoms with van der Waals surface area (Å²) in [4.78, 5) is 52.8. The van der Waals surface area contributed by atoms with Gasteiger partial charge in [-0.25, -0.2) is 9.59 Å². The number of carbonyl (C=O) groups is 4. The highest BCUT2D eigenvalue weighted by atomic mass is 16.5. The van der Waals surface area contributed by atoms with Gasteiger partial charge in [-0.3, -0.25) is 14.5 Å². The first-order valence-corrected chi connectivity index (χ1v) is 11.0. The van der Waals surface area contributed by atoms with Crippen molar-refractivity contribution in [3.8, 4) is 0 Å². The van der Waals surface area contributed by atoms with Crippen LogP contribution in [0.2, 0.25) is 0 Å². The first kappa shape index (κ1) is 18.9. The van der Waals surface area contributed by atoms with Crippen molar-refractivity contribution in [2.24, 2.45) is 23.2 Å². The van der Waals surface area contributed by atoms with E-state index in [1.807, 2.05) is 0 Å². The molecule has 4 amide bonds. The van der Waals surface area contributed by atoms with Gasteiger partial charge in [-0.2, -0.15) is 0 Å². The zero-order chi connectivity index (χ0) is 20.2. The lowest BCUT2D eigenvalue weighted by Gasteiger charge is -2.56. The Morgan fingerprint density at radius 2 is 1.69 bits per heavy atom. The van der Waals surface area contributed by atoms with Crippen LogP contribution < -0.4 is 5.32 Å². The Labute approximate surface area is 170 Å². The van der Waals surface area contributed by atoms with Gasteiger partial charge in [0.05, 0.1) is 5.41 Å². The van der Waals surface area contributed by atoms with Crippen molar-refractivity contribution in [1.29, 1.82) is 0 Å². The topological polar surface area (TPSA) is 96.0 Å². The number of imide groups is 1. The molecule has 0 aromatic heterocycles. The molecule has 2 saturated heterocycles. The lowest BCUT2D eigenvalue weighted by atomic mass is 9.49. The predicted molar refractivity (Wildman–Crippen MR) is 101 cm³/mol. The van der Waals surface area contributed by atoms with Gasteiger partial charge in [-0.15, -0.1) is 0 Å². The number of rotatable bonds is 4. The Kier molecular flexibility index (Phi) is 4.55. The van der Waals surface area contributed by atoms with Crippen molar-refractivity contribution in [2.45, 2.75) is 57.4 Å². The maximum absolute atomic E-state index is 13.6. The van der Waals surface area contributed by atoms with Crippen molar-refractivity contribution in [1.82, 2.24) is 15.1 Å². The first-order valence-electron chi connectivity index (χ1n) is 11.0. The highest BCUT2D eigenvalue weighted by Gasteiger charge is 2.57. The number of hydrogen-bond donors (Lipinski definition) is 1. The summed E-state index contributed by atoms with van der Waals surface area (Å²) in [6.07, 6.45) is 8.07. The van der Waals surface area contributed by atoms with Gasteiger partial charge in [0.15, 0.2) is 6.61 Å². The Morgan fingerprint density at radius 1 is 1.03 bits per heavy atom. The zero-order valence-electron chi connectivity index (χ0n) is 16.7. The van der Waals surface area contributed by atoms with E-state index in [0.717, 1.165) is 30.6 Å². The normalized spacial score (nSPS) is 37.7. The summed E-state index contributed by atoms with van der Waals surface area (Å²) in [5.41, 5.74) is -0.277. The maximum Gasteiger partial charge on any atom is 0.329 e. The number of nitrogens with zero attached hydrogens (tertiary/aromatic N) is 2. The molecule has 1 atom stereocenters. The van der Waals surface area contributed by atoms with E-state index in [-0.39, 0.29) is 17.9 Å². The van der Waals surface area contributed by atoms with Crippen molar-refractivity contribution >= 4 is 23.8 Å². The van der Waals surface area contributed by atoms with Crippen LogP contribution in [0.15, 0.2) is 0 Å². The van der Waals surface area contributed by atoms with Crippen LogP contribution in [0, 0.1) is 23.2 Å². The molecule has 0 unspecified atom stereocenters. The zero-order valence-corrected chi connectivity index (χ0v) is 16.7. The SMILES string of the molecule is O=C(OCC(=O)N1CCNC1=O)[C@@H]1CCCN1C(=O)C12CC3CC(CC(C3)C1)C2. The van der Waals surface area contributed by atoms with E-state index >= 15 is 0 Å². The molecule has 2 aliphatic heterocycles. The second-order valence-electron chi connectivity index (χ2n) is 9.74. The van der Waals surface area contributed by atoms with Crippen LogP contribution in [0.5, 0.6) is 0 Å². The lowest BCUT2D eigenvalue weighted by Crippen LogP contribution is -2.56. The van der Waals surface area contributed by atoms with Crippen molar-refractivity contribution in [3.05, 3.63) is 0 Å². The van der Waals surface area contributed by atoms with Crippen molar-refractivity contribution < 1.29 is 23.9 Å². The second-order valence-corrected chi connectivity index (χ2v) is 9.74. The maximum atomic E-state index is 13.6. The standard InChI is InChI=1S/C21H29N3O5/c25-17(24-5-3-22-20(24)28)12-29-18(26)16-2-1-4-23(16)19(27)21-9-13-6-14(10-21)8-15(7-13)11-21/h13-16H,1-12H2,(H,22,28)/t13?,14?,15?,16-,21?/m0/s1. The number of amides is 4. The Bertz CT molecular complexity index is 715. The Hall–Kier alpha value is -2.12. The molecule has 4 aliphatic carbocycles. The van der Waals surface area contributed by atoms with E-state index in [1.54, 1.807) is 4.90 Å². The third-order valence-electron chi connectivity index (χ3n) is 7.77. The number of ether oxygens (including phenoxy) is 1. The van der Waals surface area contributed by atoms with Crippen LogP contribution >= 0.6 is 0 Å². The van der Waals surface area contributed by atoms with Gasteiger partial charge in [-0.05, 0) is 69.1 Å². The third kappa shape index (κ3) is 3.20. The molecule has 29 heavy (non-hydrogen) atoms. The summed E-state index contributed by atoms with van der Waals surface area (Å²) in [7, 11) is 0. The van der Waals surface area contributed by atoms with Gasteiger partial charge >= 0.3 is 12.0 Å². The molecule has 6 aliphatic rings. The largest absolute Gasteiger partial charge is 0.454 e. The molecule has 8 nitrogen and oxygen atoms in total. The molecule has 0 aromatic rings. The Balaban J connectivity index is 1.23. The molecular weight excluding hydrogens is 374 g/mol. The molecule has 0 aromatic carbocycles. The average Bonchev–Trinajstić information content (AvgIpc) is 3.33. The minimum absolute atomic E-state index is 0.140. The molecule has 0 spiro atoms. The fourth-order valence-electron chi connectivity index (χ4n) is 6.95. The fourth-order valence-corrected chi connectivity index (χ4v) is 6.95. The number of esters is 1. The molecule has 4 bridgehead atoms. The van der Waals surface area contributed by atoms with E-state index in [2.05, 4.69) is 5.32 Å². The van der Waals surface area contributed by atoms with Crippen LogP contribution in [-0.2, 0) is 19.1 Å². The quantitative estimate of drug-likeness (QED) is 0.714. The van der Waals surface area contributed by atoms with Crippen LogP contribution in [0.1, 0.15) is 51.4 Å². The van der Waals surface area contributed by atoms with Crippen molar-refractivity contribution in [2.75, 3.05) is 26.2 Å². The predicted octanol–water partition coefficient (Wildman–Crippen LogP) is 1.29. The molecule has 4 saturated carbocycles. The summed E-state index contributed by atoms with van der Waals surface area (Å²) in [5.74, 6) is 1.10. The monoisotopic (exact) mass is 403 g/mol. The average molecular weight is 403 g/mol. The minimum Gasteiger partial charge on any atom is -0.454 e. The third-order valence-corrected chi connectivity index (χ3v) is 7.77. The summed E-state index contributed by atoms with van der Waals surface area (Å²) in [6.45, 7) is 0.828. The number of likely N-dealkylation sites (tertiary alicyclic amines) is 1. The smallest absolute Gasteiger partial charge is 0.329 e. The van der Waals surface area contributed by atoms with E-state index in [0.29, 0.717) is 37.3 Å². The van der Waals surface area contributed by atoms with E-state index in [9.17, 15) is 19.2 Å². The summed E-state index contributed by atoms with van der Waals surface area (Å²) in [5, 5.41) is 2.55. The fraction of sp³-hybridized carbons (Fsp3) is 0.810. The molecule has 8 heteroatoms. The van der Waals surface area contributed by atoms with Crippen molar-refractivity contribution in [3.63, 3.8) is 0 Å². The number of carbonyl (C=O) groups excluding carboxylic acids is 4. The van der Waals surface area contributed by atoms with Gasteiger partial charge < -0.3 is 15.0 Å². The van der Waals surface area contributed by atoms with Crippen LogP contribution in [0.25, 0.3) is 0 Å². The lowest BCUT2D eigenvalue weighted by molar-refractivity contribution is -0.166. The second kappa shape index (κ2) is 6.99. The molecule has 158 valence electrons. The van der Waals surface area contributed by atoms with Gasteiger partial charge in [0.1, 0.15) is 6.04 Å². The van der Waals surface area contributed by atoms with E-state index < -0.39 is 30.6 Å². The molecule has 2 heterocycles. The Morgan fingerprint density at radius 3 is 2.28 bits per heavy atom. The van der Waals surface area contributed by atoms with Crippen LogP contribution in [0.4, 0.5) is 4.79 Å². The van der Waals surface area contributed by atoms with Gasteiger partial charge in [0, 0.05) is 19.6 Å². The molecule has 1 N–H and O–H groups in total. The summed E-state index contributed by atoms with van der Waals surface area (Å²) >= 11 is 0. The molecule has 6 fully saturated rings. The molecular formula is C21H29N3O5.